The summed E-state index contributed by atoms with van der Waals surface area (Å²) in [4.78, 5) is 41.7. The van der Waals surface area contributed by atoms with Crippen LogP contribution in [0.15, 0.2) is 103 Å². The number of halogens is 3. The highest BCUT2D eigenvalue weighted by Crippen LogP contribution is 2.34. The maximum atomic E-state index is 13.7. The Bertz CT molecular complexity index is 1750. The number of hydrogen-bond acceptors (Lipinski definition) is 5. The molecule has 0 aromatic heterocycles. The fraction of sp³-hybridized carbons (Fsp3) is 0.325. The molecule has 0 bridgehead atoms. The number of piperidine rings is 1. The van der Waals surface area contributed by atoms with E-state index in [0.717, 1.165) is 36.1 Å². The van der Waals surface area contributed by atoms with E-state index >= 15 is 0 Å². The first-order valence-corrected chi connectivity index (χ1v) is 16.8. The second-order valence-corrected chi connectivity index (χ2v) is 13.0. The zero-order valence-electron chi connectivity index (χ0n) is 28.4. The molecule has 2 atom stereocenters. The summed E-state index contributed by atoms with van der Waals surface area (Å²) in [5, 5.41) is 5.88. The molecule has 0 radical (unpaired) electrons. The molecule has 1 aliphatic heterocycles. The molecule has 0 saturated carbocycles. The Morgan fingerprint density at radius 3 is 2.06 bits per heavy atom. The molecule has 10 heteroatoms. The molecule has 262 valence electrons. The van der Waals surface area contributed by atoms with Gasteiger partial charge in [-0.05, 0) is 96.8 Å². The number of likely N-dealkylation sites (tertiary alicyclic amines) is 1. The number of benzene rings is 4. The second-order valence-electron chi connectivity index (χ2n) is 13.0. The Labute approximate surface area is 290 Å². The van der Waals surface area contributed by atoms with Crippen molar-refractivity contribution in [3.8, 4) is 11.1 Å². The number of carbonyl (C=O) groups excluding carboxylic acids is 3. The van der Waals surface area contributed by atoms with E-state index in [-0.39, 0.29) is 23.7 Å². The normalized spacial score (nSPS) is 15.3. The van der Waals surface area contributed by atoms with Gasteiger partial charge >= 0.3 is 12.1 Å². The third kappa shape index (κ3) is 8.98. The first-order chi connectivity index (χ1) is 23.9. The first-order valence-electron chi connectivity index (χ1n) is 16.8. The molecule has 4 aromatic carbocycles. The molecule has 4 aromatic rings. The Kier molecular flexibility index (Phi) is 11.7. The maximum Gasteiger partial charge on any atom is 0.416 e. The van der Waals surface area contributed by atoms with Crippen LogP contribution >= 0.6 is 0 Å². The van der Waals surface area contributed by atoms with Gasteiger partial charge in [0, 0.05) is 11.3 Å². The van der Waals surface area contributed by atoms with Gasteiger partial charge in [-0.25, -0.2) is 4.79 Å². The first kappa shape index (κ1) is 36.3. The van der Waals surface area contributed by atoms with E-state index in [2.05, 4.69) is 15.5 Å². The van der Waals surface area contributed by atoms with Crippen molar-refractivity contribution in [2.75, 3.05) is 25.5 Å². The van der Waals surface area contributed by atoms with Gasteiger partial charge in [0.25, 0.3) is 5.91 Å². The van der Waals surface area contributed by atoms with Crippen molar-refractivity contribution in [2.45, 2.75) is 57.3 Å². The summed E-state index contributed by atoms with van der Waals surface area (Å²) in [5.74, 6) is -0.617. The standard InChI is InChI=1S/C40H42F3N3O4/c1-26(2)25-35(39(49)50-3)45-38(48)36(30-9-5-4-6-10-30)46-23-21-28(22-24-46)27-15-19-32(20-16-27)44-37(47)34-12-8-7-11-33(34)29-13-17-31(18-14-29)40(41,42)43/h4-20,26,28,35-36H,21-25H2,1-3H3,(H,44,47)(H,45,48). The third-order valence-electron chi connectivity index (χ3n) is 9.10. The SMILES string of the molecule is COC(=O)C(CC(C)C)NC(=O)C(c1ccccc1)N1CCC(c2ccc(NC(=O)c3ccccc3-c3ccc(C(F)(F)F)cc3)cc2)CC1. The Hall–Kier alpha value is -4.96. The molecular weight excluding hydrogens is 643 g/mol. The Morgan fingerprint density at radius 1 is 0.840 bits per heavy atom. The summed E-state index contributed by atoms with van der Waals surface area (Å²) in [6, 6.07) is 27.6. The lowest BCUT2D eigenvalue weighted by Crippen LogP contribution is -2.49. The molecular formula is C40H42F3N3O4. The van der Waals surface area contributed by atoms with Crippen LogP contribution in [0.4, 0.5) is 18.9 Å². The van der Waals surface area contributed by atoms with Crippen LogP contribution in [0.25, 0.3) is 11.1 Å². The molecule has 2 amide bonds. The summed E-state index contributed by atoms with van der Waals surface area (Å²) in [6.45, 7) is 5.33. The van der Waals surface area contributed by atoms with E-state index in [1.807, 2.05) is 68.4 Å². The lowest BCUT2D eigenvalue weighted by Gasteiger charge is -2.37. The molecule has 0 aliphatic carbocycles. The molecule has 1 fully saturated rings. The molecule has 2 N–H and O–H groups in total. The number of rotatable bonds is 11. The summed E-state index contributed by atoms with van der Waals surface area (Å²) in [7, 11) is 1.33. The molecule has 1 saturated heterocycles. The van der Waals surface area contributed by atoms with Crippen molar-refractivity contribution in [3.63, 3.8) is 0 Å². The van der Waals surface area contributed by atoms with Crippen LogP contribution in [0.5, 0.6) is 0 Å². The van der Waals surface area contributed by atoms with E-state index in [1.165, 1.54) is 19.2 Å². The fourth-order valence-corrected chi connectivity index (χ4v) is 6.54. The average Bonchev–Trinajstić information content (AvgIpc) is 3.11. The van der Waals surface area contributed by atoms with Gasteiger partial charge in [0.05, 0.1) is 12.7 Å². The highest BCUT2D eigenvalue weighted by atomic mass is 19.4. The number of hydrogen-bond donors (Lipinski definition) is 2. The van der Waals surface area contributed by atoms with E-state index in [9.17, 15) is 27.6 Å². The molecule has 5 rings (SSSR count). The van der Waals surface area contributed by atoms with E-state index < -0.39 is 29.8 Å². The Balaban J connectivity index is 1.24. The van der Waals surface area contributed by atoms with Crippen LogP contribution in [-0.2, 0) is 20.5 Å². The summed E-state index contributed by atoms with van der Waals surface area (Å²) in [5.41, 5.74) is 3.22. The number of esters is 1. The largest absolute Gasteiger partial charge is 0.467 e. The van der Waals surface area contributed by atoms with Crippen molar-refractivity contribution >= 4 is 23.5 Å². The van der Waals surface area contributed by atoms with Crippen LogP contribution < -0.4 is 10.6 Å². The van der Waals surface area contributed by atoms with Gasteiger partial charge < -0.3 is 15.4 Å². The zero-order valence-corrected chi connectivity index (χ0v) is 28.4. The highest BCUT2D eigenvalue weighted by Gasteiger charge is 2.34. The van der Waals surface area contributed by atoms with Crippen molar-refractivity contribution < 1.29 is 32.3 Å². The Morgan fingerprint density at radius 2 is 1.46 bits per heavy atom. The average molecular weight is 686 g/mol. The van der Waals surface area contributed by atoms with Gasteiger partial charge in [-0.2, -0.15) is 13.2 Å². The van der Waals surface area contributed by atoms with Gasteiger partial charge in [-0.3, -0.25) is 14.5 Å². The molecule has 7 nitrogen and oxygen atoms in total. The predicted octanol–water partition coefficient (Wildman–Crippen LogP) is 8.25. The number of methoxy groups -OCH3 is 1. The summed E-state index contributed by atoms with van der Waals surface area (Å²) in [6.07, 6.45) is -2.34. The van der Waals surface area contributed by atoms with E-state index in [1.54, 1.807) is 24.3 Å². The number of anilines is 1. The van der Waals surface area contributed by atoms with Crippen molar-refractivity contribution in [1.29, 1.82) is 0 Å². The maximum absolute atomic E-state index is 13.7. The van der Waals surface area contributed by atoms with Crippen molar-refractivity contribution in [3.05, 3.63) is 125 Å². The number of carbonyl (C=O) groups is 3. The minimum Gasteiger partial charge on any atom is -0.467 e. The van der Waals surface area contributed by atoms with E-state index in [0.29, 0.717) is 41.9 Å². The minimum absolute atomic E-state index is 0.188. The second kappa shape index (κ2) is 16.2. The predicted molar refractivity (Wildman–Crippen MR) is 187 cm³/mol. The lowest BCUT2D eigenvalue weighted by molar-refractivity contribution is -0.146. The minimum atomic E-state index is -4.44. The lowest BCUT2D eigenvalue weighted by atomic mass is 9.88. The van der Waals surface area contributed by atoms with Crippen LogP contribution in [0, 0.1) is 5.92 Å². The van der Waals surface area contributed by atoms with Gasteiger partial charge in [-0.1, -0.05) is 86.6 Å². The van der Waals surface area contributed by atoms with Crippen LogP contribution in [0.3, 0.4) is 0 Å². The number of nitrogens with one attached hydrogen (secondary N) is 2. The summed E-state index contributed by atoms with van der Waals surface area (Å²) < 4.78 is 44.2. The highest BCUT2D eigenvalue weighted by molar-refractivity contribution is 6.08. The van der Waals surface area contributed by atoms with Crippen LogP contribution in [-0.4, -0.2) is 48.9 Å². The molecule has 50 heavy (non-hydrogen) atoms. The third-order valence-corrected chi connectivity index (χ3v) is 9.10. The quantitative estimate of drug-likeness (QED) is 0.155. The topological polar surface area (TPSA) is 87.7 Å². The molecule has 2 unspecified atom stereocenters. The van der Waals surface area contributed by atoms with Crippen molar-refractivity contribution in [1.82, 2.24) is 10.2 Å². The number of amides is 2. The number of nitrogens with zero attached hydrogens (tertiary/aromatic N) is 1. The molecule has 1 aliphatic rings. The zero-order chi connectivity index (χ0) is 35.8. The molecule has 1 heterocycles. The van der Waals surface area contributed by atoms with Crippen molar-refractivity contribution in [2.24, 2.45) is 5.92 Å². The van der Waals surface area contributed by atoms with Crippen LogP contribution in [0.2, 0.25) is 0 Å². The fourth-order valence-electron chi connectivity index (χ4n) is 6.54. The number of ether oxygens (including phenoxy) is 1. The van der Waals surface area contributed by atoms with Gasteiger partial charge in [0.2, 0.25) is 5.91 Å². The molecule has 0 spiro atoms. The van der Waals surface area contributed by atoms with Crippen LogP contribution in [0.1, 0.15) is 72.1 Å². The monoisotopic (exact) mass is 685 g/mol. The summed E-state index contributed by atoms with van der Waals surface area (Å²) >= 11 is 0. The smallest absolute Gasteiger partial charge is 0.416 e. The van der Waals surface area contributed by atoms with Gasteiger partial charge in [0.15, 0.2) is 0 Å². The number of alkyl halides is 3. The van der Waals surface area contributed by atoms with E-state index in [4.69, 9.17) is 4.74 Å². The van der Waals surface area contributed by atoms with Gasteiger partial charge in [0.1, 0.15) is 12.1 Å². The van der Waals surface area contributed by atoms with Gasteiger partial charge in [-0.15, -0.1) is 0 Å².